The molecule has 1 amide bonds. The summed E-state index contributed by atoms with van der Waals surface area (Å²) in [4.78, 5) is 26.5. The third-order valence-electron chi connectivity index (χ3n) is 4.22. The molecule has 0 aliphatic rings. The fourth-order valence-corrected chi connectivity index (χ4v) is 2.45. The second kappa shape index (κ2) is 6.17. The summed E-state index contributed by atoms with van der Waals surface area (Å²) < 4.78 is 13.2. The molecule has 3 N–H and O–H groups in total. The number of fused-ring (bicyclic) bond motifs is 1. The zero-order chi connectivity index (χ0) is 16.3. The van der Waals surface area contributed by atoms with E-state index < -0.39 is 17.3 Å². The zero-order valence-corrected chi connectivity index (χ0v) is 12.6. The van der Waals surface area contributed by atoms with Gasteiger partial charge in [0.05, 0.1) is 5.41 Å². The summed E-state index contributed by atoms with van der Waals surface area (Å²) >= 11 is 0. The molecule has 0 saturated heterocycles. The molecule has 5 nitrogen and oxygen atoms in total. The Morgan fingerprint density at radius 1 is 1.27 bits per heavy atom. The van der Waals surface area contributed by atoms with Crippen molar-refractivity contribution in [3.05, 3.63) is 35.8 Å². The Balaban J connectivity index is 2.15. The van der Waals surface area contributed by atoms with Crippen molar-refractivity contribution in [2.45, 2.75) is 26.7 Å². The lowest BCUT2D eigenvalue weighted by atomic mass is 9.82. The van der Waals surface area contributed by atoms with Gasteiger partial charge in [-0.05, 0) is 37.1 Å². The van der Waals surface area contributed by atoms with E-state index in [4.69, 9.17) is 0 Å². The number of hydrogen-bond donors (Lipinski definition) is 3. The second-order valence-corrected chi connectivity index (χ2v) is 5.39. The Bertz CT molecular complexity index is 704. The van der Waals surface area contributed by atoms with Crippen molar-refractivity contribution >= 4 is 22.8 Å². The molecule has 2 rings (SSSR count). The molecule has 0 bridgehead atoms. The smallest absolute Gasteiger partial charge is 0.311 e. The molecular formula is C16H19FN2O3. The lowest BCUT2D eigenvalue weighted by Gasteiger charge is -2.26. The number of aromatic amines is 1. The highest BCUT2D eigenvalue weighted by Gasteiger charge is 2.35. The van der Waals surface area contributed by atoms with E-state index in [0.717, 1.165) is 0 Å². The average Bonchev–Trinajstić information content (AvgIpc) is 2.91. The number of nitrogens with one attached hydrogen (secondary N) is 2. The van der Waals surface area contributed by atoms with Gasteiger partial charge in [-0.1, -0.05) is 13.8 Å². The molecule has 1 heterocycles. The molecule has 2 aromatic rings. The minimum atomic E-state index is -0.965. The van der Waals surface area contributed by atoms with Crippen LogP contribution in [0.3, 0.4) is 0 Å². The monoisotopic (exact) mass is 306 g/mol. The molecule has 0 saturated carbocycles. The van der Waals surface area contributed by atoms with Crippen molar-refractivity contribution in [3.8, 4) is 0 Å². The van der Waals surface area contributed by atoms with Gasteiger partial charge in [-0.3, -0.25) is 9.59 Å². The fraction of sp³-hybridized carbons (Fsp3) is 0.375. The van der Waals surface area contributed by atoms with Crippen molar-refractivity contribution in [2.75, 3.05) is 6.54 Å². The van der Waals surface area contributed by atoms with E-state index in [1.165, 1.54) is 12.1 Å². The standard InChI is InChI=1S/C16H19FN2O3/c1-3-16(4-2,15(21)22)9-18-14(20)13-8-10-7-11(17)5-6-12(10)19-13/h5-8,19H,3-4,9H2,1-2H3,(H,18,20)(H,21,22). The Hall–Kier alpha value is -2.37. The number of aromatic nitrogens is 1. The van der Waals surface area contributed by atoms with Crippen molar-refractivity contribution in [3.63, 3.8) is 0 Å². The normalized spacial score (nSPS) is 11.6. The Morgan fingerprint density at radius 3 is 2.55 bits per heavy atom. The molecule has 0 fully saturated rings. The number of carboxylic acid groups (broad SMARTS) is 1. The summed E-state index contributed by atoms with van der Waals surface area (Å²) in [5.74, 6) is -1.69. The van der Waals surface area contributed by atoms with Crippen LogP contribution in [0.25, 0.3) is 10.9 Å². The van der Waals surface area contributed by atoms with Crippen molar-refractivity contribution < 1.29 is 19.1 Å². The maximum Gasteiger partial charge on any atom is 0.311 e. The molecule has 6 heteroatoms. The summed E-state index contributed by atoms with van der Waals surface area (Å²) in [6, 6.07) is 5.75. The van der Waals surface area contributed by atoms with Gasteiger partial charge in [-0.25, -0.2) is 4.39 Å². The Kier molecular flexibility index (Phi) is 4.49. The van der Waals surface area contributed by atoms with Gasteiger partial charge >= 0.3 is 5.97 Å². The lowest BCUT2D eigenvalue weighted by Crippen LogP contribution is -2.42. The first-order valence-corrected chi connectivity index (χ1v) is 7.21. The van der Waals surface area contributed by atoms with Crippen LogP contribution in [0.2, 0.25) is 0 Å². The molecular weight excluding hydrogens is 287 g/mol. The van der Waals surface area contributed by atoms with Gasteiger partial charge in [-0.2, -0.15) is 0 Å². The molecule has 1 aromatic heterocycles. The molecule has 0 radical (unpaired) electrons. The Morgan fingerprint density at radius 2 is 1.95 bits per heavy atom. The number of rotatable bonds is 6. The summed E-state index contributed by atoms with van der Waals surface area (Å²) in [6.07, 6.45) is 0.855. The zero-order valence-electron chi connectivity index (χ0n) is 12.6. The first-order chi connectivity index (χ1) is 10.4. The predicted octanol–water partition coefficient (Wildman–Crippen LogP) is 2.93. The molecule has 0 aliphatic carbocycles. The SMILES string of the molecule is CCC(CC)(CNC(=O)c1cc2cc(F)ccc2[nH]1)C(=O)O. The van der Waals surface area contributed by atoms with Gasteiger partial charge in [-0.15, -0.1) is 0 Å². The maximum atomic E-state index is 13.2. The largest absolute Gasteiger partial charge is 0.481 e. The molecule has 0 atom stereocenters. The number of aliphatic carboxylic acids is 1. The third kappa shape index (κ3) is 2.95. The topological polar surface area (TPSA) is 82.2 Å². The Labute approximate surface area is 127 Å². The quantitative estimate of drug-likeness (QED) is 0.767. The van der Waals surface area contributed by atoms with Crippen LogP contribution in [0.4, 0.5) is 4.39 Å². The van der Waals surface area contributed by atoms with Crippen LogP contribution in [0.5, 0.6) is 0 Å². The highest BCUT2D eigenvalue weighted by Crippen LogP contribution is 2.26. The number of carbonyl (C=O) groups is 2. The van der Waals surface area contributed by atoms with Crippen molar-refractivity contribution in [1.29, 1.82) is 0 Å². The average molecular weight is 306 g/mol. The van der Waals surface area contributed by atoms with Crippen molar-refractivity contribution in [1.82, 2.24) is 10.3 Å². The minimum absolute atomic E-state index is 0.0535. The highest BCUT2D eigenvalue weighted by atomic mass is 19.1. The van der Waals surface area contributed by atoms with E-state index in [0.29, 0.717) is 23.7 Å². The molecule has 1 aromatic carbocycles. The first-order valence-electron chi connectivity index (χ1n) is 7.21. The van der Waals surface area contributed by atoms with Crippen LogP contribution in [0.1, 0.15) is 37.2 Å². The van der Waals surface area contributed by atoms with Crippen LogP contribution in [0, 0.1) is 11.2 Å². The van der Waals surface area contributed by atoms with E-state index in [2.05, 4.69) is 10.3 Å². The predicted molar refractivity (Wildman–Crippen MR) is 81.2 cm³/mol. The van der Waals surface area contributed by atoms with Gasteiger partial charge in [0.2, 0.25) is 0 Å². The summed E-state index contributed by atoms with van der Waals surface area (Å²) in [5.41, 5.74) is -0.0255. The molecule has 0 aliphatic heterocycles. The second-order valence-electron chi connectivity index (χ2n) is 5.39. The molecule has 0 unspecified atom stereocenters. The van der Waals surface area contributed by atoms with E-state index in [9.17, 15) is 19.1 Å². The number of carbonyl (C=O) groups excluding carboxylic acids is 1. The number of hydrogen-bond acceptors (Lipinski definition) is 2. The van der Waals surface area contributed by atoms with Crippen LogP contribution in [-0.4, -0.2) is 28.5 Å². The number of halogens is 1. The first kappa shape index (κ1) is 16.0. The third-order valence-corrected chi connectivity index (χ3v) is 4.22. The van der Waals surface area contributed by atoms with E-state index >= 15 is 0 Å². The van der Waals surface area contributed by atoms with Crippen molar-refractivity contribution in [2.24, 2.45) is 5.41 Å². The fourth-order valence-electron chi connectivity index (χ4n) is 2.45. The number of H-pyrrole nitrogens is 1. The van der Waals surface area contributed by atoms with Gasteiger partial charge in [0.15, 0.2) is 0 Å². The molecule has 0 spiro atoms. The lowest BCUT2D eigenvalue weighted by molar-refractivity contribution is -0.149. The van der Waals surface area contributed by atoms with Crippen LogP contribution < -0.4 is 5.32 Å². The van der Waals surface area contributed by atoms with Crippen LogP contribution in [0.15, 0.2) is 24.3 Å². The number of amides is 1. The number of carboxylic acids is 1. The molecule has 22 heavy (non-hydrogen) atoms. The van der Waals surface area contributed by atoms with Gasteiger partial charge < -0.3 is 15.4 Å². The minimum Gasteiger partial charge on any atom is -0.481 e. The van der Waals surface area contributed by atoms with Gasteiger partial charge in [0.25, 0.3) is 5.91 Å². The summed E-state index contributed by atoms with van der Waals surface area (Å²) in [7, 11) is 0. The number of benzene rings is 1. The summed E-state index contributed by atoms with van der Waals surface area (Å²) in [5, 5.41) is 12.6. The molecule has 118 valence electrons. The summed E-state index contributed by atoms with van der Waals surface area (Å²) in [6.45, 7) is 3.63. The van der Waals surface area contributed by atoms with Crippen LogP contribution in [-0.2, 0) is 4.79 Å². The van der Waals surface area contributed by atoms with E-state index in [-0.39, 0.29) is 18.1 Å². The van der Waals surface area contributed by atoms with Gasteiger partial charge in [0.1, 0.15) is 11.5 Å². The highest BCUT2D eigenvalue weighted by molar-refractivity contribution is 5.98. The van der Waals surface area contributed by atoms with E-state index in [1.807, 2.05) is 0 Å². The van der Waals surface area contributed by atoms with E-state index in [1.54, 1.807) is 26.0 Å². The van der Waals surface area contributed by atoms with Crippen LogP contribution >= 0.6 is 0 Å². The van der Waals surface area contributed by atoms with Gasteiger partial charge in [0, 0.05) is 17.4 Å². The maximum absolute atomic E-state index is 13.2.